The van der Waals surface area contributed by atoms with Crippen LogP contribution in [0.5, 0.6) is 0 Å². The second kappa shape index (κ2) is 7.66. The number of cyclic esters (lactones) is 1. The van der Waals surface area contributed by atoms with Crippen molar-refractivity contribution in [3.63, 3.8) is 0 Å². The fraction of sp³-hybridized carbons (Fsp3) is 0.476. The van der Waals surface area contributed by atoms with E-state index >= 15 is 0 Å². The first-order chi connectivity index (χ1) is 13.6. The van der Waals surface area contributed by atoms with Crippen LogP contribution in [-0.2, 0) is 11.3 Å². The van der Waals surface area contributed by atoms with E-state index in [2.05, 4.69) is 24.3 Å². The minimum absolute atomic E-state index is 0.118. The summed E-state index contributed by atoms with van der Waals surface area (Å²) in [6, 6.07) is 7.86. The predicted molar refractivity (Wildman–Crippen MR) is 105 cm³/mol. The van der Waals surface area contributed by atoms with Gasteiger partial charge in [0.1, 0.15) is 6.61 Å². The molecule has 7 nitrogen and oxygen atoms in total. The lowest BCUT2D eigenvalue weighted by Gasteiger charge is -2.15. The van der Waals surface area contributed by atoms with Gasteiger partial charge in [-0.25, -0.2) is 4.79 Å². The van der Waals surface area contributed by atoms with Crippen molar-refractivity contribution in [3.8, 4) is 0 Å². The van der Waals surface area contributed by atoms with Gasteiger partial charge in [0.15, 0.2) is 0 Å². The lowest BCUT2D eigenvalue weighted by Crippen LogP contribution is -2.23. The van der Waals surface area contributed by atoms with Crippen molar-refractivity contribution in [2.75, 3.05) is 18.5 Å². The molecule has 2 amide bonds. The quantitative estimate of drug-likeness (QED) is 0.787. The maximum atomic E-state index is 12.9. The minimum atomic E-state index is -0.275. The standard InChI is InChI=1S/C21H26N4O3/c1-3-14(2)25-19(16-6-7-16)18(12-22-25)20(26)23-17-8-4-15(5-9-17)13-24-10-11-28-21(24)27/h4-5,8-9,12,14,16H,3,6-7,10-11,13H2,1-2H3,(H,23,26). The Hall–Kier alpha value is -2.83. The Labute approximate surface area is 164 Å². The molecule has 2 aliphatic rings. The summed E-state index contributed by atoms with van der Waals surface area (Å²) in [4.78, 5) is 26.1. The highest BCUT2D eigenvalue weighted by atomic mass is 16.6. The Morgan fingerprint density at radius 3 is 2.68 bits per heavy atom. The highest BCUT2D eigenvalue weighted by molar-refractivity contribution is 6.05. The lowest BCUT2D eigenvalue weighted by molar-refractivity contribution is 0.102. The van der Waals surface area contributed by atoms with Crippen molar-refractivity contribution in [2.45, 2.75) is 51.6 Å². The summed E-state index contributed by atoms with van der Waals surface area (Å²) in [7, 11) is 0. The molecule has 1 saturated carbocycles. The molecule has 1 aliphatic heterocycles. The van der Waals surface area contributed by atoms with Gasteiger partial charge in [-0.2, -0.15) is 5.10 Å². The highest BCUT2D eigenvalue weighted by Gasteiger charge is 2.33. The van der Waals surface area contributed by atoms with Gasteiger partial charge in [0.2, 0.25) is 0 Å². The van der Waals surface area contributed by atoms with Crippen LogP contribution >= 0.6 is 0 Å². The molecule has 1 atom stereocenters. The number of carbonyl (C=O) groups is 2. The fourth-order valence-corrected chi connectivity index (χ4v) is 3.52. The number of benzene rings is 1. The van der Waals surface area contributed by atoms with E-state index in [1.165, 1.54) is 0 Å². The third-order valence-corrected chi connectivity index (χ3v) is 5.48. The summed E-state index contributed by atoms with van der Waals surface area (Å²) >= 11 is 0. The van der Waals surface area contributed by atoms with Crippen LogP contribution in [0.3, 0.4) is 0 Å². The maximum Gasteiger partial charge on any atom is 0.410 e. The van der Waals surface area contributed by atoms with E-state index in [9.17, 15) is 9.59 Å². The smallest absolute Gasteiger partial charge is 0.410 e. The summed E-state index contributed by atoms with van der Waals surface area (Å²) in [6.45, 7) is 5.84. The summed E-state index contributed by atoms with van der Waals surface area (Å²) in [5.74, 6) is 0.326. The van der Waals surface area contributed by atoms with Gasteiger partial charge in [-0.15, -0.1) is 0 Å². The summed E-state index contributed by atoms with van der Waals surface area (Å²) in [5.41, 5.74) is 3.47. The molecule has 1 N–H and O–H groups in total. The molecule has 1 aliphatic carbocycles. The van der Waals surface area contributed by atoms with Crippen LogP contribution in [0, 0.1) is 0 Å². The normalized spacial score (nSPS) is 17.5. The number of aromatic nitrogens is 2. The Bertz CT molecular complexity index is 870. The molecule has 2 fully saturated rings. The van der Waals surface area contributed by atoms with Crippen LogP contribution in [0.25, 0.3) is 0 Å². The monoisotopic (exact) mass is 382 g/mol. The number of nitrogens with one attached hydrogen (secondary N) is 1. The van der Waals surface area contributed by atoms with Crippen molar-refractivity contribution in [3.05, 3.63) is 47.3 Å². The van der Waals surface area contributed by atoms with Gasteiger partial charge in [-0.3, -0.25) is 9.48 Å². The van der Waals surface area contributed by atoms with Gasteiger partial charge >= 0.3 is 6.09 Å². The third-order valence-electron chi connectivity index (χ3n) is 5.48. The van der Waals surface area contributed by atoms with E-state index in [0.717, 1.165) is 36.2 Å². The van der Waals surface area contributed by atoms with Gasteiger partial charge in [0, 0.05) is 24.2 Å². The fourth-order valence-electron chi connectivity index (χ4n) is 3.52. The second-order valence-electron chi connectivity index (χ2n) is 7.61. The van der Waals surface area contributed by atoms with Gasteiger partial charge in [0.05, 0.1) is 24.0 Å². The molecule has 1 aromatic heterocycles. The first kappa shape index (κ1) is 18.5. The Morgan fingerprint density at radius 1 is 1.32 bits per heavy atom. The SMILES string of the molecule is CCC(C)n1ncc(C(=O)Nc2ccc(CN3CCOC3=O)cc2)c1C1CC1. The van der Waals surface area contributed by atoms with Crippen LogP contribution in [0.1, 0.15) is 66.7 Å². The number of anilines is 1. The molecule has 1 saturated heterocycles. The summed E-state index contributed by atoms with van der Waals surface area (Å²) in [5, 5.41) is 7.48. The Morgan fingerprint density at radius 2 is 2.07 bits per heavy atom. The van der Waals surface area contributed by atoms with E-state index in [4.69, 9.17) is 4.74 Å². The van der Waals surface area contributed by atoms with Crippen LogP contribution in [0.4, 0.5) is 10.5 Å². The topological polar surface area (TPSA) is 76.5 Å². The van der Waals surface area contributed by atoms with Gasteiger partial charge in [0.25, 0.3) is 5.91 Å². The van der Waals surface area contributed by atoms with Crippen molar-refractivity contribution in [2.24, 2.45) is 0 Å². The molecule has 2 aromatic rings. The van der Waals surface area contributed by atoms with Crippen molar-refractivity contribution >= 4 is 17.7 Å². The number of hydrogen-bond acceptors (Lipinski definition) is 4. The van der Waals surface area contributed by atoms with Gasteiger partial charge in [-0.1, -0.05) is 19.1 Å². The zero-order chi connectivity index (χ0) is 19.7. The van der Waals surface area contributed by atoms with Crippen LogP contribution < -0.4 is 5.32 Å². The molecule has 0 bridgehead atoms. The largest absolute Gasteiger partial charge is 0.448 e. The Balaban J connectivity index is 1.45. The average molecular weight is 382 g/mol. The molecule has 2 heterocycles. The molecule has 148 valence electrons. The van der Waals surface area contributed by atoms with E-state index in [1.54, 1.807) is 11.1 Å². The number of ether oxygens (including phenoxy) is 1. The second-order valence-corrected chi connectivity index (χ2v) is 7.61. The van der Waals surface area contributed by atoms with Gasteiger partial charge < -0.3 is 15.0 Å². The van der Waals surface area contributed by atoms with E-state index in [-0.39, 0.29) is 18.0 Å². The van der Waals surface area contributed by atoms with Crippen molar-refractivity contribution in [1.82, 2.24) is 14.7 Å². The van der Waals surface area contributed by atoms with E-state index in [1.807, 2.05) is 28.9 Å². The molecule has 0 radical (unpaired) electrons. The van der Waals surface area contributed by atoms with Crippen LogP contribution in [0.15, 0.2) is 30.5 Å². The van der Waals surface area contributed by atoms with E-state index < -0.39 is 0 Å². The molecule has 1 unspecified atom stereocenters. The maximum absolute atomic E-state index is 12.9. The summed E-state index contributed by atoms with van der Waals surface area (Å²) in [6.07, 6.45) is 4.64. The molecule has 0 spiro atoms. The van der Waals surface area contributed by atoms with Crippen LogP contribution in [0.2, 0.25) is 0 Å². The molecular formula is C21H26N4O3. The zero-order valence-electron chi connectivity index (χ0n) is 16.4. The first-order valence-electron chi connectivity index (χ1n) is 9.96. The molecule has 1 aromatic carbocycles. The van der Waals surface area contributed by atoms with Crippen molar-refractivity contribution < 1.29 is 14.3 Å². The zero-order valence-corrected chi connectivity index (χ0v) is 16.4. The third kappa shape index (κ3) is 3.74. The van der Waals surface area contributed by atoms with E-state index in [0.29, 0.717) is 31.2 Å². The highest BCUT2D eigenvalue weighted by Crippen LogP contribution is 2.42. The number of carbonyl (C=O) groups excluding carboxylic acids is 2. The number of hydrogen-bond donors (Lipinski definition) is 1. The molecule has 7 heteroatoms. The molecular weight excluding hydrogens is 356 g/mol. The minimum Gasteiger partial charge on any atom is -0.448 e. The summed E-state index contributed by atoms with van der Waals surface area (Å²) < 4.78 is 6.97. The lowest BCUT2D eigenvalue weighted by atomic mass is 10.1. The van der Waals surface area contributed by atoms with Gasteiger partial charge in [-0.05, 0) is 43.9 Å². The molecule has 4 rings (SSSR count). The average Bonchev–Trinajstić information content (AvgIpc) is 3.32. The number of rotatable bonds is 7. The first-order valence-corrected chi connectivity index (χ1v) is 9.96. The van der Waals surface area contributed by atoms with Crippen molar-refractivity contribution in [1.29, 1.82) is 0 Å². The molecule has 28 heavy (non-hydrogen) atoms. The predicted octanol–water partition coefficient (Wildman–Crippen LogP) is 3.94. The number of nitrogens with zero attached hydrogens (tertiary/aromatic N) is 3. The number of amides is 2. The van der Waals surface area contributed by atoms with Crippen LogP contribution in [-0.4, -0.2) is 39.8 Å². The Kier molecular flexibility index (Phi) is 5.07.